The standard InChI is InChI=1S/C12H17N3O3S/c1-2-10-14-9(7-19-10)5-13-12(18)15-4-3-8(6-15)11(16)17/h7-8H,2-6H2,1H3,(H,13,18)(H,16,17). The topological polar surface area (TPSA) is 82.5 Å². The van der Waals surface area contributed by atoms with Gasteiger partial charge in [-0.05, 0) is 12.8 Å². The summed E-state index contributed by atoms with van der Waals surface area (Å²) in [7, 11) is 0. The molecule has 0 aromatic carbocycles. The molecule has 1 saturated heterocycles. The summed E-state index contributed by atoms with van der Waals surface area (Å²) in [5.41, 5.74) is 0.851. The monoisotopic (exact) mass is 283 g/mol. The van der Waals surface area contributed by atoms with Crippen LogP contribution in [0.5, 0.6) is 0 Å². The van der Waals surface area contributed by atoms with E-state index in [1.807, 2.05) is 12.3 Å². The second-order valence-electron chi connectivity index (χ2n) is 4.51. The Kier molecular flexibility index (Phi) is 4.36. The Morgan fingerprint density at radius 3 is 3.00 bits per heavy atom. The Morgan fingerprint density at radius 1 is 1.63 bits per heavy atom. The van der Waals surface area contributed by atoms with Gasteiger partial charge in [0.05, 0.1) is 23.2 Å². The number of likely N-dealkylation sites (tertiary alicyclic amines) is 1. The Bertz CT molecular complexity index is 475. The molecule has 104 valence electrons. The Labute approximate surface area is 115 Å². The zero-order valence-electron chi connectivity index (χ0n) is 10.8. The van der Waals surface area contributed by atoms with Gasteiger partial charge in [-0.2, -0.15) is 0 Å². The lowest BCUT2D eigenvalue weighted by atomic mass is 10.1. The number of aliphatic carboxylic acids is 1. The first-order valence-electron chi connectivity index (χ1n) is 6.29. The molecular weight excluding hydrogens is 266 g/mol. The minimum absolute atomic E-state index is 0.213. The zero-order valence-corrected chi connectivity index (χ0v) is 11.6. The SMILES string of the molecule is CCc1nc(CNC(=O)N2CCC(C(=O)O)C2)cs1. The number of urea groups is 1. The third kappa shape index (κ3) is 3.44. The Balaban J connectivity index is 1.80. The Hall–Kier alpha value is -1.63. The number of carbonyl (C=O) groups excluding carboxylic acids is 1. The van der Waals surface area contributed by atoms with Crippen LogP contribution in [0.2, 0.25) is 0 Å². The summed E-state index contributed by atoms with van der Waals surface area (Å²) >= 11 is 1.58. The van der Waals surface area contributed by atoms with Crippen molar-refractivity contribution in [2.75, 3.05) is 13.1 Å². The van der Waals surface area contributed by atoms with Gasteiger partial charge >= 0.3 is 12.0 Å². The zero-order chi connectivity index (χ0) is 13.8. The number of hydrogen-bond donors (Lipinski definition) is 2. The summed E-state index contributed by atoms with van der Waals surface area (Å²) < 4.78 is 0. The van der Waals surface area contributed by atoms with Gasteiger partial charge in [-0.1, -0.05) is 6.92 Å². The number of nitrogens with one attached hydrogen (secondary N) is 1. The van der Waals surface area contributed by atoms with Crippen molar-refractivity contribution < 1.29 is 14.7 Å². The van der Waals surface area contributed by atoms with Gasteiger partial charge in [-0.25, -0.2) is 9.78 Å². The number of nitrogens with zero attached hydrogens (tertiary/aromatic N) is 2. The molecular formula is C12H17N3O3S. The van der Waals surface area contributed by atoms with E-state index in [2.05, 4.69) is 10.3 Å². The molecule has 0 aliphatic carbocycles. The van der Waals surface area contributed by atoms with Gasteiger partial charge < -0.3 is 15.3 Å². The molecule has 1 aromatic rings. The molecule has 2 heterocycles. The van der Waals surface area contributed by atoms with Crippen molar-refractivity contribution in [1.29, 1.82) is 0 Å². The van der Waals surface area contributed by atoms with Gasteiger partial charge in [-0.3, -0.25) is 4.79 Å². The maximum atomic E-state index is 11.9. The average Bonchev–Trinajstić information content (AvgIpc) is 3.04. The molecule has 19 heavy (non-hydrogen) atoms. The number of carboxylic acid groups (broad SMARTS) is 1. The summed E-state index contributed by atoms with van der Waals surface area (Å²) in [6, 6.07) is -0.213. The summed E-state index contributed by atoms with van der Waals surface area (Å²) in [5.74, 6) is -1.26. The lowest BCUT2D eigenvalue weighted by molar-refractivity contribution is -0.141. The summed E-state index contributed by atoms with van der Waals surface area (Å²) in [5, 5.41) is 14.6. The molecule has 0 radical (unpaired) electrons. The van der Waals surface area contributed by atoms with Gasteiger partial charge in [0.1, 0.15) is 0 Å². The van der Waals surface area contributed by atoms with E-state index in [4.69, 9.17) is 5.11 Å². The predicted octanol–water partition coefficient (Wildman–Crippen LogP) is 1.32. The molecule has 1 atom stereocenters. The normalized spacial score (nSPS) is 18.6. The minimum atomic E-state index is -0.831. The van der Waals surface area contributed by atoms with Gasteiger partial charge in [0.15, 0.2) is 0 Å². The fraction of sp³-hybridized carbons (Fsp3) is 0.583. The van der Waals surface area contributed by atoms with Crippen LogP contribution >= 0.6 is 11.3 Å². The quantitative estimate of drug-likeness (QED) is 0.873. The van der Waals surface area contributed by atoms with Crippen LogP contribution in [0, 0.1) is 5.92 Å². The number of carboxylic acids is 1. The molecule has 1 aliphatic rings. The largest absolute Gasteiger partial charge is 0.481 e. The van der Waals surface area contributed by atoms with Gasteiger partial charge in [0.25, 0.3) is 0 Å². The van der Waals surface area contributed by atoms with Crippen molar-refractivity contribution in [2.45, 2.75) is 26.3 Å². The van der Waals surface area contributed by atoms with E-state index < -0.39 is 11.9 Å². The van der Waals surface area contributed by atoms with Crippen molar-refractivity contribution in [3.05, 3.63) is 16.1 Å². The van der Waals surface area contributed by atoms with Crippen molar-refractivity contribution in [3.8, 4) is 0 Å². The lowest BCUT2D eigenvalue weighted by Crippen LogP contribution is -2.38. The van der Waals surface area contributed by atoms with Gasteiger partial charge in [-0.15, -0.1) is 11.3 Å². The number of carbonyl (C=O) groups is 2. The van der Waals surface area contributed by atoms with Crippen LogP contribution in [0.25, 0.3) is 0 Å². The highest BCUT2D eigenvalue weighted by Crippen LogP contribution is 2.16. The smallest absolute Gasteiger partial charge is 0.317 e. The van der Waals surface area contributed by atoms with E-state index in [9.17, 15) is 9.59 Å². The fourth-order valence-corrected chi connectivity index (χ4v) is 2.76. The van der Waals surface area contributed by atoms with Crippen LogP contribution in [-0.4, -0.2) is 40.1 Å². The molecule has 1 fully saturated rings. The molecule has 0 spiro atoms. The van der Waals surface area contributed by atoms with Crippen molar-refractivity contribution >= 4 is 23.3 Å². The number of aromatic nitrogens is 1. The lowest BCUT2D eigenvalue weighted by Gasteiger charge is -2.16. The molecule has 2 amide bonds. The molecule has 2 N–H and O–H groups in total. The molecule has 7 heteroatoms. The molecule has 0 saturated carbocycles. The van der Waals surface area contributed by atoms with Crippen molar-refractivity contribution in [1.82, 2.24) is 15.2 Å². The highest BCUT2D eigenvalue weighted by Gasteiger charge is 2.30. The molecule has 2 rings (SSSR count). The first-order valence-corrected chi connectivity index (χ1v) is 7.17. The van der Waals surface area contributed by atoms with Crippen LogP contribution in [0.3, 0.4) is 0 Å². The minimum Gasteiger partial charge on any atom is -0.481 e. The van der Waals surface area contributed by atoms with E-state index in [0.717, 1.165) is 17.1 Å². The Morgan fingerprint density at radius 2 is 2.42 bits per heavy atom. The van der Waals surface area contributed by atoms with E-state index in [-0.39, 0.29) is 6.03 Å². The number of amides is 2. The first-order chi connectivity index (χ1) is 9.10. The maximum Gasteiger partial charge on any atom is 0.317 e. The molecule has 1 unspecified atom stereocenters. The second-order valence-corrected chi connectivity index (χ2v) is 5.46. The predicted molar refractivity (Wildman–Crippen MR) is 71.0 cm³/mol. The van der Waals surface area contributed by atoms with E-state index >= 15 is 0 Å². The second kappa shape index (κ2) is 6.01. The average molecular weight is 283 g/mol. The van der Waals surface area contributed by atoms with Crippen molar-refractivity contribution in [3.63, 3.8) is 0 Å². The van der Waals surface area contributed by atoms with Crippen LogP contribution in [0.1, 0.15) is 24.0 Å². The van der Waals surface area contributed by atoms with Gasteiger partial charge in [0, 0.05) is 18.5 Å². The number of hydrogen-bond acceptors (Lipinski definition) is 4. The van der Waals surface area contributed by atoms with Crippen molar-refractivity contribution in [2.24, 2.45) is 5.92 Å². The highest BCUT2D eigenvalue weighted by molar-refractivity contribution is 7.09. The van der Waals surface area contributed by atoms with E-state index in [0.29, 0.717) is 26.1 Å². The van der Waals surface area contributed by atoms with Crippen LogP contribution in [0.4, 0.5) is 4.79 Å². The molecule has 6 nitrogen and oxygen atoms in total. The van der Waals surface area contributed by atoms with Crippen LogP contribution in [-0.2, 0) is 17.8 Å². The first kappa shape index (κ1) is 13.8. The molecule has 1 aliphatic heterocycles. The number of aryl methyl sites for hydroxylation is 1. The molecule has 1 aromatic heterocycles. The summed E-state index contributed by atoms with van der Waals surface area (Å²) in [4.78, 5) is 28.6. The van der Waals surface area contributed by atoms with Crippen LogP contribution < -0.4 is 5.32 Å². The maximum absolute atomic E-state index is 11.9. The van der Waals surface area contributed by atoms with E-state index in [1.165, 1.54) is 0 Å². The highest BCUT2D eigenvalue weighted by atomic mass is 32.1. The molecule has 0 bridgehead atoms. The summed E-state index contributed by atoms with van der Waals surface area (Å²) in [6.45, 7) is 3.22. The number of rotatable bonds is 4. The van der Waals surface area contributed by atoms with E-state index in [1.54, 1.807) is 16.2 Å². The third-order valence-corrected chi connectivity index (χ3v) is 4.19. The number of thiazole rings is 1. The van der Waals surface area contributed by atoms with Gasteiger partial charge in [0.2, 0.25) is 0 Å². The van der Waals surface area contributed by atoms with Crippen LogP contribution in [0.15, 0.2) is 5.38 Å². The fourth-order valence-electron chi connectivity index (χ4n) is 2.02. The third-order valence-electron chi connectivity index (χ3n) is 3.15. The summed E-state index contributed by atoms with van der Waals surface area (Å²) in [6.07, 6.45) is 1.42.